The van der Waals surface area contributed by atoms with Crippen LogP contribution in [-0.4, -0.2) is 19.0 Å². The summed E-state index contributed by atoms with van der Waals surface area (Å²) in [6.07, 6.45) is 1.39. The van der Waals surface area contributed by atoms with Gasteiger partial charge in [-0.2, -0.15) is 0 Å². The average molecular weight is 204 g/mol. The van der Waals surface area contributed by atoms with Crippen LogP contribution in [0.25, 0.3) is 0 Å². The van der Waals surface area contributed by atoms with Crippen LogP contribution < -0.4 is 0 Å². The molecule has 15 heavy (non-hydrogen) atoms. The molecule has 0 fully saturated rings. The lowest BCUT2D eigenvalue weighted by Crippen LogP contribution is -2.26. The van der Waals surface area contributed by atoms with E-state index in [0.717, 1.165) is 6.42 Å². The lowest BCUT2D eigenvalue weighted by Gasteiger charge is -2.30. The number of hydrogen-bond acceptors (Lipinski definition) is 2. The van der Waals surface area contributed by atoms with E-state index < -0.39 is 0 Å². The third kappa shape index (κ3) is 1.95. The molecule has 0 spiro atoms. The Bertz CT molecular complexity index is 371. The van der Waals surface area contributed by atoms with Gasteiger partial charge in [-0.15, -0.1) is 0 Å². The second-order valence-electron chi connectivity index (χ2n) is 4.15. The van der Waals surface area contributed by atoms with Crippen LogP contribution in [0.4, 0.5) is 0 Å². The third-order valence-electron chi connectivity index (χ3n) is 3.22. The Morgan fingerprint density at radius 3 is 2.93 bits per heavy atom. The number of rotatable bonds is 4. The molecule has 0 saturated carbocycles. The van der Waals surface area contributed by atoms with Crippen molar-refractivity contribution in [1.82, 2.24) is 0 Å². The fraction of sp³-hybridized carbons (Fsp3) is 0.462. The lowest BCUT2D eigenvalue weighted by atomic mass is 9.75. The molecule has 0 heterocycles. The van der Waals surface area contributed by atoms with E-state index in [-0.39, 0.29) is 11.9 Å². The number of ketones is 1. The summed E-state index contributed by atoms with van der Waals surface area (Å²) in [4.78, 5) is 11.7. The summed E-state index contributed by atoms with van der Waals surface area (Å²) in [5, 5.41) is 0. The molecule has 1 aliphatic carbocycles. The van der Waals surface area contributed by atoms with E-state index >= 15 is 0 Å². The van der Waals surface area contributed by atoms with E-state index in [2.05, 4.69) is 18.2 Å². The maximum atomic E-state index is 11.7. The summed E-state index contributed by atoms with van der Waals surface area (Å²) >= 11 is 0. The van der Waals surface area contributed by atoms with Crippen molar-refractivity contribution in [2.24, 2.45) is 0 Å². The van der Waals surface area contributed by atoms with Gasteiger partial charge in [-0.3, -0.25) is 4.79 Å². The number of methoxy groups -OCH3 is 1. The first-order valence-corrected chi connectivity index (χ1v) is 5.35. The van der Waals surface area contributed by atoms with Crippen LogP contribution in [0.2, 0.25) is 0 Å². The van der Waals surface area contributed by atoms with Gasteiger partial charge in [-0.05, 0) is 30.4 Å². The van der Waals surface area contributed by atoms with Gasteiger partial charge < -0.3 is 4.74 Å². The van der Waals surface area contributed by atoms with Crippen molar-refractivity contribution >= 4 is 5.78 Å². The molecular formula is C13H16O2. The molecule has 2 nitrogen and oxygen atoms in total. The Kier molecular flexibility index (Phi) is 2.87. The summed E-state index contributed by atoms with van der Waals surface area (Å²) in [6, 6.07) is 8.34. The molecule has 2 heteroatoms. The number of carbonyl (C=O) groups excluding carboxylic acids is 1. The molecule has 1 aromatic rings. The van der Waals surface area contributed by atoms with Gasteiger partial charge >= 0.3 is 0 Å². The van der Waals surface area contributed by atoms with Gasteiger partial charge in [-0.1, -0.05) is 24.3 Å². The predicted octanol–water partition coefficient (Wildman–Crippen LogP) is 2.32. The molecule has 0 aliphatic heterocycles. The Morgan fingerprint density at radius 1 is 1.53 bits per heavy atom. The van der Waals surface area contributed by atoms with Crippen LogP contribution >= 0.6 is 0 Å². The zero-order valence-corrected chi connectivity index (χ0v) is 9.19. The highest BCUT2D eigenvalue weighted by Gasteiger charge is 2.28. The predicted molar refractivity (Wildman–Crippen MR) is 59.0 cm³/mol. The highest BCUT2D eigenvalue weighted by Crippen LogP contribution is 2.37. The molecule has 0 amide bonds. The number of hydrogen-bond donors (Lipinski definition) is 0. The van der Waals surface area contributed by atoms with Gasteiger partial charge in [0.1, 0.15) is 6.10 Å². The van der Waals surface area contributed by atoms with Crippen molar-refractivity contribution in [3.63, 3.8) is 0 Å². The second-order valence-corrected chi connectivity index (χ2v) is 4.15. The Labute approximate surface area is 90.3 Å². The number of fused-ring (bicyclic) bond motifs is 1. The minimum absolute atomic E-state index is 0.206. The molecular weight excluding hydrogens is 188 g/mol. The third-order valence-corrected chi connectivity index (χ3v) is 3.22. The zero-order valence-electron chi connectivity index (χ0n) is 9.19. The molecule has 80 valence electrons. The second kappa shape index (κ2) is 4.15. The number of Topliss-reactive ketones (excluding diaryl/α,β-unsaturated/α-hetero) is 1. The average Bonchev–Trinajstić information content (AvgIpc) is 2.24. The molecule has 1 aliphatic rings. The van der Waals surface area contributed by atoms with Gasteiger partial charge in [0.05, 0.1) is 0 Å². The fourth-order valence-corrected chi connectivity index (χ4v) is 2.09. The van der Waals surface area contributed by atoms with Crippen LogP contribution in [0, 0.1) is 0 Å². The van der Waals surface area contributed by atoms with Crippen molar-refractivity contribution in [1.29, 1.82) is 0 Å². The van der Waals surface area contributed by atoms with Gasteiger partial charge in [0.2, 0.25) is 0 Å². The first kappa shape index (κ1) is 10.4. The van der Waals surface area contributed by atoms with Crippen molar-refractivity contribution in [2.45, 2.75) is 31.8 Å². The van der Waals surface area contributed by atoms with Crippen LogP contribution in [0.5, 0.6) is 0 Å². The molecule has 1 aromatic carbocycles. The minimum Gasteiger partial charge on any atom is -0.374 e. The van der Waals surface area contributed by atoms with E-state index in [1.54, 1.807) is 7.11 Å². The summed E-state index contributed by atoms with van der Waals surface area (Å²) in [6.45, 7) is 1.81. The molecule has 0 N–H and O–H groups in total. The molecule has 0 bridgehead atoms. The number of ether oxygens (including phenoxy) is 1. The van der Waals surface area contributed by atoms with Gasteiger partial charge in [0.25, 0.3) is 0 Å². The first-order valence-electron chi connectivity index (χ1n) is 5.35. The highest BCUT2D eigenvalue weighted by molar-refractivity contribution is 5.83. The zero-order chi connectivity index (χ0) is 10.8. The van der Waals surface area contributed by atoms with E-state index in [0.29, 0.717) is 12.3 Å². The van der Waals surface area contributed by atoms with Crippen LogP contribution in [-0.2, 0) is 16.0 Å². The van der Waals surface area contributed by atoms with Gasteiger partial charge in [0.15, 0.2) is 5.78 Å². The smallest absolute Gasteiger partial charge is 0.161 e. The topological polar surface area (TPSA) is 26.3 Å². The van der Waals surface area contributed by atoms with Gasteiger partial charge in [0, 0.05) is 13.5 Å². The van der Waals surface area contributed by atoms with Crippen LogP contribution in [0.3, 0.4) is 0 Å². The van der Waals surface area contributed by atoms with Crippen molar-refractivity contribution in [2.75, 3.05) is 7.11 Å². The normalized spacial score (nSPS) is 20.3. The molecule has 2 atom stereocenters. The molecule has 2 rings (SSSR count). The molecule has 0 radical (unpaired) electrons. The van der Waals surface area contributed by atoms with Crippen LogP contribution in [0.1, 0.15) is 30.4 Å². The minimum atomic E-state index is -0.266. The molecule has 2 unspecified atom stereocenters. The summed E-state index contributed by atoms with van der Waals surface area (Å²) in [5.74, 6) is 0.628. The van der Waals surface area contributed by atoms with E-state index in [1.807, 2.05) is 13.0 Å². The monoisotopic (exact) mass is 204 g/mol. The maximum Gasteiger partial charge on any atom is 0.161 e. The number of benzene rings is 1. The summed E-state index contributed by atoms with van der Waals surface area (Å²) in [5.41, 5.74) is 2.73. The highest BCUT2D eigenvalue weighted by atomic mass is 16.5. The Balaban J connectivity index is 1.98. The van der Waals surface area contributed by atoms with E-state index in [4.69, 9.17) is 4.74 Å². The standard InChI is InChI=1S/C13H16O2/c1-9(15-2)13(14)8-11-7-10-5-3-4-6-12(10)11/h3-6,9,11H,7-8H2,1-2H3. The molecule has 0 saturated heterocycles. The summed E-state index contributed by atoms with van der Waals surface area (Å²) in [7, 11) is 1.58. The quantitative estimate of drug-likeness (QED) is 0.752. The molecule has 0 aromatic heterocycles. The van der Waals surface area contributed by atoms with Gasteiger partial charge in [-0.25, -0.2) is 0 Å². The lowest BCUT2D eigenvalue weighted by molar-refractivity contribution is -0.128. The van der Waals surface area contributed by atoms with Crippen molar-refractivity contribution < 1.29 is 9.53 Å². The SMILES string of the molecule is COC(C)C(=O)CC1Cc2ccccc21. The summed E-state index contributed by atoms with van der Waals surface area (Å²) < 4.78 is 5.02. The maximum absolute atomic E-state index is 11.7. The van der Waals surface area contributed by atoms with Crippen molar-refractivity contribution in [3.05, 3.63) is 35.4 Å². The van der Waals surface area contributed by atoms with E-state index in [1.165, 1.54) is 11.1 Å². The van der Waals surface area contributed by atoms with Crippen molar-refractivity contribution in [3.8, 4) is 0 Å². The largest absolute Gasteiger partial charge is 0.374 e. The first-order chi connectivity index (χ1) is 7.22. The Hall–Kier alpha value is -1.15. The number of carbonyl (C=O) groups is 1. The van der Waals surface area contributed by atoms with Crippen LogP contribution in [0.15, 0.2) is 24.3 Å². The fourth-order valence-electron chi connectivity index (χ4n) is 2.09. The Morgan fingerprint density at radius 2 is 2.27 bits per heavy atom. The van der Waals surface area contributed by atoms with E-state index in [9.17, 15) is 4.79 Å².